The quantitative estimate of drug-likeness (QED) is 0.0341. The van der Waals surface area contributed by atoms with Crippen molar-refractivity contribution in [3.05, 3.63) is 90.5 Å². The Morgan fingerprint density at radius 3 is 2.41 bits per heavy atom. The first-order valence-electron chi connectivity index (χ1n) is 23.6. The van der Waals surface area contributed by atoms with E-state index in [4.69, 9.17) is 46.6 Å². The van der Waals surface area contributed by atoms with E-state index in [1.165, 1.54) is 6.92 Å². The largest absolute Gasteiger partial charge is 0.484 e. The highest BCUT2D eigenvalue weighted by molar-refractivity contribution is 7.44. The van der Waals surface area contributed by atoms with Crippen LogP contribution in [0.2, 0.25) is 0 Å². The molecule has 0 spiro atoms. The Kier molecular flexibility index (Phi) is 15.3. The van der Waals surface area contributed by atoms with Gasteiger partial charge in [0.1, 0.15) is 18.6 Å². The smallest absolute Gasteiger partial charge is 0.263 e. The minimum absolute atomic E-state index is 0.0309. The number of carbonyl (C=O) groups is 2. The van der Waals surface area contributed by atoms with Crippen LogP contribution in [0.25, 0.3) is 38.9 Å². The normalized spacial score (nSPS) is 18.1. The van der Waals surface area contributed by atoms with Gasteiger partial charge < -0.3 is 54.4 Å². The molecule has 4 atom stereocenters. The number of benzene rings is 3. The monoisotopic (exact) mass is 960 g/mol. The molecule has 5 heterocycles. The Balaban J connectivity index is 1.10. The number of hydrogen-bond donors (Lipinski definition) is 4. The predicted molar refractivity (Wildman–Crippen MR) is 264 cm³/mol. The molecule has 3 aromatic heterocycles. The van der Waals surface area contributed by atoms with Crippen LogP contribution in [0.1, 0.15) is 68.4 Å². The number of carbonyl (C=O) groups excluding carboxylic acids is 2. The van der Waals surface area contributed by atoms with Crippen molar-refractivity contribution in [3.63, 3.8) is 0 Å². The zero-order valence-corrected chi connectivity index (χ0v) is 40.1. The van der Waals surface area contributed by atoms with Crippen molar-refractivity contribution in [2.75, 3.05) is 53.7 Å². The number of aromatic nitrogens is 6. The highest BCUT2D eigenvalue weighted by Crippen LogP contribution is 2.50. The van der Waals surface area contributed by atoms with Crippen LogP contribution in [0.15, 0.2) is 83.5 Å². The van der Waals surface area contributed by atoms with Crippen LogP contribution in [-0.4, -0.2) is 109 Å². The minimum Gasteiger partial charge on any atom is -0.484 e. The predicted octanol–water partition coefficient (Wildman–Crippen LogP) is 8.16. The van der Waals surface area contributed by atoms with Gasteiger partial charge in [0, 0.05) is 62.7 Å². The number of ether oxygens (including phenoxy) is 2. The van der Waals surface area contributed by atoms with Crippen LogP contribution >= 0.6 is 8.53 Å². The van der Waals surface area contributed by atoms with Crippen molar-refractivity contribution in [2.45, 2.75) is 97.3 Å². The van der Waals surface area contributed by atoms with Crippen LogP contribution < -0.4 is 31.3 Å². The van der Waals surface area contributed by atoms with Crippen LogP contribution in [-0.2, 0) is 23.4 Å². The number of rotatable bonds is 19. The first kappa shape index (κ1) is 47.5. The van der Waals surface area contributed by atoms with Gasteiger partial charge in [0.2, 0.25) is 30.2 Å². The molecule has 2 saturated heterocycles. The molecule has 2 fully saturated rings. The van der Waals surface area contributed by atoms with E-state index in [0.29, 0.717) is 40.6 Å². The summed E-state index contributed by atoms with van der Waals surface area (Å²) in [6.07, 6.45) is 1.85. The van der Waals surface area contributed by atoms with Gasteiger partial charge in [-0.3, -0.25) is 14.2 Å². The summed E-state index contributed by atoms with van der Waals surface area (Å²) in [7, 11) is -1.63. The molecule has 362 valence electrons. The van der Waals surface area contributed by atoms with E-state index in [1.54, 1.807) is 53.4 Å². The van der Waals surface area contributed by atoms with E-state index in [-0.39, 0.29) is 73.9 Å². The third-order valence-electron chi connectivity index (χ3n) is 11.4. The van der Waals surface area contributed by atoms with E-state index in [1.807, 2.05) is 30.3 Å². The van der Waals surface area contributed by atoms with Gasteiger partial charge >= 0.3 is 0 Å². The van der Waals surface area contributed by atoms with Gasteiger partial charge in [-0.1, -0.05) is 18.2 Å². The molecule has 2 aliphatic rings. The van der Waals surface area contributed by atoms with Crippen molar-refractivity contribution < 1.29 is 33.9 Å². The van der Waals surface area contributed by atoms with Gasteiger partial charge in [-0.05, 0) is 102 Å². The second-order valence-electron chi connectivity index (χ2n) is 17.2. The summed E-state index contributed by atoms with van der Waals surface area (Å²) in [6, 6.07) is 22.5. The van der Waals surface area contributed by atoms with Crippen molar-refractivity contribution in [1.29, 1.82) is 0 Å². The first-order chi connectivity index (χ1) is 33.9. The topological polar surface area (TPSA) is 227 Å². The molecule has 69 heavy (non-hydrogen) atoms. The van der Waals surface area contributed by atoms with Gasteiger partial charge in [0.15, 0.2) is 23.6 Å². The van der Waals surface area contributed by atoms with Crippen molar-refractivity contribution in [1.82, 2.24) is 34.4 Å². The van der Waals surface area contributed by atoms with Crippen LogP contribution in [0, 0.1) is 6.57 Å². The van der Waals surface area contributed by atoms with Crippen molar-refractivity contribution in [2.24, 2.45) is 5.73 Å². The Hall–Kier alpha value is -6.59. The van der Waals surface area contributed by atoms with Gasteiger partial charge in [-0.2, -0.15) is 9.97 Å². The molecule has 5 N–H and O–H groups in total. The summed E-state index contributed by atoms with van der Waals surface area (Å²) < 4.78 is 43.6. The van der Waals surface area contributed by atoms with Gasteiger partial charge in [-0.25, -0.2) is 16.2 Å². The zero-order chi connectivity index (χ0) is 49.3. The second-order valence-corrected chi connectivity index (χ2v) is 18.7. The van der Waals surface area contributed by atoms with Gasteiger partial charge in [-0.15, -0.1) is 10.2 Å². The number of fused-ring (bicyclic) bond motifs is 1. The fourth-order valence-corrected chi connectivity index (χ4v) is 9.87. The molecule has 0 aliphatic carbocycles. The third kappa shape index (κ3) is 12.0. The van der Waals surface area contributed by atoms with Crippen molar-refractivity contribution >= 4 is 60.3 Å². The summed E-state index contributed by atoms with van der Waals surface area (Å²) in [5.41, 5.74) is 9.83. The molecule has 8 rings (SSSR count). The molecule has 0 saturated carbocycles. The van der Waals surface area contributed by atoms with E-state index in [2.05, 4.69) is 73.2 Å². The lowest BCUT2D eigenvalue weighted by molar-refractivity contribution is -0.118. The maximum atomic E-state index is 13.5. The lowest BCUT2D eigenvalue weighted by Crippen LogP contribution is -2.39. The van der Waals surface area contributed by atoms with Crippen molar-refractivity contribution in [3.8, 4) is 28.7 Å². The minimum atomic E-state index is -1.63. The fraction of sp³-hybridized carbons (Fsp3) is 0.417. The number of nitrogens with zero attached hydrogens (tertiary/aromatic N) is 9. The molecular formula is C48H58N13O7P. The number of nitrogens with two attached hydrogens (primary N) is 1. The molecule has 21 heteroatoms. The Bertz CT molecular complexity index is 2760. The summed E-state index contributed by atoms with van der Waals surface area (Å²) in [4.78, 5) is 46.0. The first-order valence-corrected chi connectivity index (χ1v) is 24.0. The Labute approximate surface area is 403 Å². The molecular weight excluding hydrogens is 902 g/mol. The van der Waals surface area contributed by atoms with E-state index in [9.17, 15) is 9.59 Å². The van der Waals surface area contributed by atoms with Crippen LogP contribution in [0.5, 0.6) is 5.75 Å². The second kappa shape index (κ2) is 22.2. The molecule has 0 bridgehead atoms. The molecule has 20 nitrogen and oxygen atoms in total. The average molecular weight is 961 g/mol. The van der Waals surface area contributed by atoms with Gasteiger partial charge in [0.25, 0.3) is 14.4 Å². The van der Waals surface area contributed by atoms with E-state index in [0.717, 1.165) is 37.2 Å². The summed E-state index contributed by atoms with van der Waals surface area (Å²) in [6.45, 7) is 18.7. The lowest BCUT2D eigenvalue weighted by atomic mass is 10.1. The zero-order valence-electron chi connectivity index (χ0n) is 40.2. The summed E-state index contributed by atoms with van der Waals surface area (Å²) >= 11 is 0. The fourth-order valence-electron chi connectivity index (χ4n) is 8.12. The number of piperidine rings is 1. The Morgan fingerprint density at radius 1 is 0.986 bits per heavy atom. The average Bonchev–Trinajstić information content (AvgIpc) is 4.11. The highest BCUT2D eigenvalue weighted by Gasteiger charge is 2.40. The number of hydrogen-bond acceptors (Lipinski definition) is 16. The third-order valence-corrected chi connectivity index (χ3v) is 13.6. The number of imidazole rings is 1. The molecule has 2 amide bonds. The maximum Gasteiger partial charge on any atom is 0.263 e. The SMILES string of the molecule is [2H]C[C@H]1O[C@@H](n2cnc3c(NC(=O)COc4ccccc4)nc(Nc4cc(-c5nnc(-c6ccc(N7CCC(N)CC7)cc6)o5)ccc4NC(C)=O)nc32)C[C@H]1OP(OCC[N+]#[C-])N(C(C)C)C(C)C. The summed E-state index contributed by atoms with van der Waals surface area (Å²) in [5.74, 6) is 0.349. The number of amides is 2. The van der Waals surface area contributed by atoms with Gasteiger partial charge in [0.05, 0.1) is 29.9 Å². The highest BCUT2D eigenvalue weighted by atomic mass is 31.2. The van der Waals surface area contributed by atoms with Crippen LogP contribution in [0.4, 0.5) is 28.8 Å². The number of nitrogens with one attached hydrogen (secondary N) is 3. The standard InChI is InChI=1S/C48H58N13O7P/c1-29(2)61(30(3)4)69(65-24-21-50-7)68-40-26-42(66-31(40)5)60-28-51-43-44(54-41(63)27-64-37-11-9-8-10-12-37)55-48(56-45(43)60)53-39-25-34(15-18-38(39)52-32(6)62)47-58-57-46(67-47)33-13-16-36(17-14-33)59-22-19-35(49)20-23-59/h8-18,25,28-31,35,40,42H,19-24,26-27,49H2,1-6H3,(H,52,62)(H2,53,54,55,56,63)/t31-,40-,42-,69?/m1/s1/i5D. The van der Waals surface area contributed by atoms with E-state index >= 15 is 0 Å². The molecule has 1 unspecified atom stereocenters. The molecule has 0 radical (unpaired) electrons. The lowest BCUT2D eigenvalue weighted by Gasteiger charge is -2.36. The maximum absolute atomic E-state index is 13.5. The Morgan fingerprint density at radius 2 is 1.71 bits per heavy atom. The van der Waals surface area contributed by atoms with E-state index < -0.39 is 32.9 Å². The molecule has 6 aromatic rings. The number of anilines is 5. The number of para-hydroxylation sites is 1. The van der Waals surface area contributed by atoms with Crippen LogP contribution in [0.3, 0.4) is 0 Å². The summed E-state index contributed by atoms with van der Waals surface area (Å²) in [5, 5.41) is 17.7. The molecule has 3 aromatic carbocycles. The molecule has 2 aliphatic heterocycles.